The first-order valence-corrected chi connectivity index (χ1v) is 6.77. The van der Waals surface area contributed by atoms with E-state index in [0.29, 0.717) is 11.3 Å². The fourth-order valence-electron chi connectivity index (χ4n) is 1.76. The van der Waals surface area contributed by atoms with Crippen LogP contribution in [-0.2, 0) is 6.42 Å². The Morgan fingerprint density at radius 2 is 2.06 bits per heavy atom. The van der Waals surface area contributed by atoms with Crippen LogP contribution in [0.3, 0.4) is 0 Å². The number of amides is 1. The van der Waals surface area contributed by atoms with Crippen LogP contribution < -0.4 is 11.1 Å². The lowest BCUT2D eigenvalue weighted by atomic mass is 10.1. The molecule has 0 aliphatic heterocycles. The topological polar surface area (TPSA) is 55.1 Å². The summed E-state index contributed by atoms with van der Waals surface area (Å²) in [6.45, 7) is 2.01. The molecule has 4 heteroatoms. The van der Waals surface area contributed by atoms with Crippen molar-refractivity contribution in [2.75, 3.05) is 5.73 Å². The van der Waals surface area contributed by atoms with Gasteiger partial charge in [-0.05, 0) is 60.0 Å². The minimum atomic E-state index is -0.0577. The van der Waals surface area contributed by atoms with Crippen LogP contribution in [0, 0.1) is 0 Å². The van der Waals surface area contributed by atoms with Crippen LogP contribution in [0.15, 0.2) is 41.1 Å². The Balaban J connectivity index is 1.92. The first-order chi connectivity index (χ1) is 8.65. The van der Waals surface area contributed by atoms with Crippen molar-refractivity contribution in [1.29, 1.82) is 0 Å². The molecule has 0 radical (unpaired) electrons. The van der Waals surface area contributed by atoms with Crippen molar-refractivity contribution in [3.05, 3.63) is 52.2 Å². The van der Waals surface area contributed by atoms with Gasteiger partial charge in [0.25, 0.3) is 5.91 Å². The standard InChI is InChI=1S/C14H16N2OS/c1-10(8-11-6-7-18-9-11)16-14(17)12-2-4-13(15)5-3-12/h2-7,9-10H,8,15H2,1H3,(H,16,17). The van der Waals surface area contributed by atoms with E-state index in [-0.39, 0.29) is 11.9 Å². The number of nitrogen functional groups attached to an aromatic ring is 1. The number of thiophene rings is 1. The highest BCUT2D eigenvalue weighted by Gasteiger charge is 2.10. The van der Waals surface area contributed by atoms with Gasteiger partial charge < -0.3 is 11.1 Å². The Kier molecular flexibility index (Phi) is 3.99. The Hall–Kier alpha value is -1.81. The van der Waals surface area contributed by atoms with Crippen molar-refractivity contribution < 1.29 is 4.79 Å². The lowest BCUT2D eigenvalue weighted by Crippen LogP contribution is -2.33. The van der Waals surface area contributed by atoms with E-state index in [1.54, 1.807) is 35.6 Å². The highest BCUT2D eigenvalue weighted by molar-refractivity contribution is 7.07. The maximum absolute atomic E-state index is 11.9. The van der Waals surface area contributed by atoms with Gasteiger partial charge in [0.05, 0.1) is 0 Å². The molecule has 1 atom stereocenters. The number of nitrogens with two attached hydrogens (primary N) is 1. The predicted molar refractivity (Wildman–Crippen MR) is 75.8 cm³/mol. The molecule has 0 spiro atoms. The summed E-state index contributed by atoms with van der Waals surface area (Å²) < 4.78 is 0. The molecular weight excluding hydrogens is 244 g/mol. The van der Waals surface area contributed by atoms with Gasteiger partial charge in [-0.25, -0.2) is 0 Å². The molecule has 3 N–H and O–H groups in total. The number of anilines is 1. The monoisotopic (exact) mass is 260 g/mol. The van der Waals surface area contributed by atoms with Gasteiger partial charge in [-0.1, -0.05) is 0 Å². The van der Waals surface area contributed by atoms with Crippen molar-refractivity contribution in [3.63, 3.8) is 0 Å². The Morgan fingerprint density at radius 1 is 1.33 bits per heavy atom. The third kappa shape index (κ3) is 3.34. The summed E-state index contributed by atoms with van der Waals surface area (Å²) in [6, 6.07) is 9.14. The van der Waals surface area contributed by atoms with Crippen LogP contribution in [-0.4, -0.2) is 11.9 Å². The van der Waals surface area contributed by atoms with Gasteiger partial charge in [-0.2, -0.15) is 11.3 Å². The lowest BCUT2D eigenvalue weighted by molar-refractivity contribution is 0.0940. The second kappa shape index (κ2) is 5.69. The van der Waals surface area contributed by atoms with E-state index in [0.717, 1.165) is 6.42 Å². The maximum Gasteiger partial charge on any atom is 0.251 e. The third-order valence-electron chi connectivity index (χ3n) is 2.67. The normalized spacial score (nSPS) is 12.1. The zero-order valence-electron chi connectivity index (χ0n) is 10.2. The summed E-state index contributed by atoms with van der Waals surface area (Å²) in [6.07, 6.45) is 0.851. The van der Waals surface area contributed by atoms with E-state index in [9.17, 15) is 4.79 Å². The Bertz CT molecular complexity index is 505. The number of carbonyl (C=O) groups excluding carboxylic acids is 1. The van der Waals surface area contributed by atoms with Gasteiger partial charge in [0.1, 0.15) is 0 Å². The van der Waals surface area contributed by atoms with E-state index in [2.05, 4.69) is 16.8 Å². The van der Waals surface area contributed by atoms with Gasteiger partial charge in [-0.15, -0.1) is 0 Å². The van der Waals surface area contributed by atoms with Gasteiger partial charge >= 0.3 is 0 Å². The van der Waals surface area contributed by atoms with E-state index in [1.807, 2.05) is 12.3 Å². The number of hydrogen-bond donors (Lipinski definition) is 2. The first kappa shape index (κ1) is 12.6. The molecular formula is C14H16N2OS. The number of benzene rings is 1. The second-order valence-electron chi connectivity index (χ2n) is 4.33. The van der Waals surface area contributed by atoms with Crippen LogP contribution >= 0.6 is 11.3 Å². The minimum Gasteiger partial charge on any atom is -0.399 e. The average molecular weight is 260 g/mol. The van der Waals surface area contributed by atoms with Gasteiger partial charge in [0, 0.05) is 17.3 Å². The van der Waals surface area contributed by atoms with Crippen molar-refractivity contribution in [1.82, 2.24) is 5.32 Å². The van der Waals surface area contributed by atoms with Crippen molar-refractivity contribution >= 4 is 22.9 Å². The van der Waals surface area contributed by atoms with E-state index in [4.69, 9.17) is 5.73 Å². The molecule has 18 heavy (non-hydrogen) atoms. The molecule has 2 rings (SSSR count). The number of rotatable bonds is 4. The molecule has 0 saturated heterocycles. The largest absolute Gasteiger partial charge is 0.399 e. The smallest absolute Gasteiger partial charge is 0.251 e. The van der Waals surface area contributed by atoms with Crippen molar-refractivity contribution in [2.45, 2.75) is 19.4 Å². The maximum atomic E-state index is 11.9. The average Bonchev–Trinajstić information content (AvgIpc) is 2.82. The Labute approximate surface area is 111 Å². The summed E-state index contributed by atoms with van der Waals surface area (Å²) in [7, 11) is 0. The lowest BCUT2D eigenvalue weighted by Gasteiger charge is -2.13. The van der Waals surface area contributed by atoms with Crippen LogP contribution in [0.4, 0.5) is 5.69 Å². The fourth-order valence-corrected chi connectivity index (χ4v) is 2.44. The first-order valence-electron chi connectivity index (χ1n) is 5.82. The van der Waals surface area contributed by atoms with Gasteiger partial charge in [0.15, 0.2) is 0 Å². The quantitative estimate of drug-likeness (QED) is 0.830. The molecule has 1 unspecified atom stereocenters. The predicted octanol–water partition coefficient (Wildman–Crippen LogP) is 2.69. The summed E-state index contributed by atoms with van der Waals surface area (Å²) in [5, 5.41) is 7.13. The number of nitrogens with one attached hydrogen (secondary N) is 1. The molecule has 1 aromatic heterocycles. The molecule has 2 aromatic rings. The zero-order valence-corrected chi connectivity index (χ0v) is 11.0. The molecule has 1 amide bonds. The van der Waals surface area contributed by atoms with Crippen molar-refractivity contribution in [2.24, 2.45) is 0 Å². The summed E-state index contributed by atoms with van der Waals surface area (Å²) in [5.74, 6) is -0.0577. The Morgan fingerprint density at radius 3 is 2.67 bits per heavy atom. The summed E-state index contributed by atoms with van der Waals surface area (Å²) in [4.78, 5) is 11.9. The molecule has 3 nitrogen and oxygen atoms in total. The number of carbonyl (C=O) groups is 1. The molecule has 1 aromatic carbocycles. The molecule has 0 bridgehead atoms. The second-order valence-corrected chi connectivity index (χ2v) is 5.11. The highest BCUT2D eigenvalue weighted by atomic mass is 32.1. The minimum absolute atomic E-state index is 0.0577. The van der Waals surface area contributed by atoms with Crippen LogP contribution in [0.2, 0.25) is 0 Å². The molecule has 0 saturated carbocycles. The zero-order chi connectivity index (χ0) is 13.0. The van der Waals surface area contributed by atoms with Crippen LogP contribution in [0.5, 0.6) is 0 Å². The number of hydrogen-bond acceptors (Lipinski definition) is 3. The summed E-state index contributed by atoms with van der Waals surface area (Å²) in [5.41, 5.74) is 8.15. The van der Waals surface area contributed by atoms with Gasteiger partial charge in [-0.3, -0.25) is 4.79 Å². The fraction of sp³-hybridized carbons (Fsp3) is 0.214. The van der Waals surface area contributed by atoms with Gasteiger partial charge in [0.2, 0.25) is 0 Å². The SMILES string of the molecule is CC(Cc1ccsc1)NC(=O)c1ccc(N)cc1. The highest BCUT2D eigenvalue weighted by Crippen LogP contribution is 2.10. The molecule has 0 fully saturated rings. The third-order valence-corrected chi connectivity index (χ3v) is 3.40. The summed E-state index contributed by atoms with van der Waals surface area (Å²) >= 11 is 1.67. The molecule has 0 aliphatic rings. The van der Waals surface area contributed by atoms with Crippen LogP contribution in [0.25, 0.3) is 0 Å². The molecule has 94 valence electrons. The van der Waals surface area contributed by atoms with E-state index >= 15 is 0 Å². The van der Waals surface area contributed by atoms with E-state index in [1.165, 1.54) is 5.56 Å². The van der Waals surface area contributed by atoms with Crippen molar-refractivity contribution in [3.8, 4) is 0 Å². The molecule has 1 heterocycles. The molecule has 0 aliphatic carbocycles. The van der Waals surface area contributed by atoms with Crippen LogP contribution in [0.1, 0.15) is 22.8 Å². The van der Waals surface area contributed by atoms with E-state index < -0.39 is 0 Å².